The van der Waals surface area contributed by atoms with Crippen LogP contribution in [0.15, 0.2) is 52.1 Å². The molecule has 1 N–H and O–H groups in total. The maximum atomic E-state index is 12.2. The van der Waals surface area contributed by atoms with E-state index in [9.17, 15) is 8.42 Å². The molecule has 0 saturated carbocycles. The summed E-state index contributed by atoms with van der Waals surface area (Å²) in [4.78, 5) is 0.209. The number of nitrogens with zero attached hydrogens (tertiary/aromatic N) is 1. The van der Waals surface area contributed by atoms with Crippen molar-refractivity contribution >= 4 is 26.0 Å². The molecule has 90 valence electrons. The molecule has 0 aliphatic carbocycles. The minimum atomic E-state index is -3.60. The molecule has 1 aromatic carbocycles. The molecular weight excluding hydrogens is 306 g/mol. The molecule has 0 atom stereocenters. The molecule has 1 aromatic heterocycles. The minimum absolute atomic E-state index is 0.199. The van der Waals surface area contributed by atoms with Crippen LogP contribution in [0.2, 0.25) is 0 Å². The molecule has 0 aliphatic heterocycles. The van der Waals surface area contributed by atoms with E-state index in [1.807, 2.05) is 0 Å². The molecular formula is C11H10BrNO3S. The van der Waals surface area contributed by atoms with Gasteiger partial charge >= 0.3 is 0 Å². The van der Waals surface area contributed by atoms with Gasteiger partial charge in [0, 0.05) is 6.20 Å². The summed E-state index contributed by atoms with van der Waals surface area (Å²) in [5.41, 5.74) is 0.538. The fraction of sp³-hybridized carbons (Fsp3) is 0.0909. The van der Waals surface area contributed by atoms with E-state index < -0.39 is 10.0 Å². The molecule has 0 amide bonds. The Morgan fingerprint density at radius 2 is 1.88 bits per heavy atom. The summed E-state index contributed by atoms with van der Waals surface area (Å²) in [5.74, 6) is 0. The van der Waals surface area contributed by atoms with Crippen LogP contribution in [0.1, 0.15) is 5.56 Å². The normalized spacial score (nSPS) is 11.6. The van der Waals surface area contributed by atoms with Crippen LogP contribution >= 0.6 is 15.9 Å². The Morgan fingerprint density at radius 1 is 1.24 bits per heavy atom. The number of aliphatic hydroxyl groups excluding tert-OH is 1. The predicted molar refractivity (Wildman–Crippen MR) is 67.1 cm³/mol. The number of hydrogen-bond donors (Lipinski definition) is 1. The number of hydrogen-bond acceptors (Lipinski definition) is 3. The summed E-state index contributed by atoms with van der Waals surface area (Å²) < 4.78 is 26.0. The first-order valence-electron chi connectivity index (χ1n) is 4.84. The van der Waals surface area contributed by atoms with Crippen LogP contribution < -0.4 is 0 Å². The largest absolute Gasteiger partial charge is 0.392 e. The van der Waals surface area contributed by atoms with Gasteiger partial charge in [0.15, 0.2) is 0 Å². The number of halogens is 1. The highest BCUT2D eigenvalue weighted by atomic mass is 79.9. The molecule has 1 heterocycles. The van der Waals surface area contributed by atoms with E-state index in [4.69, 9.17) is 5.11 Å². The van der Waals surface area contributed by atoms with Crippen LogP contribution in [0.4, 0.5) is 0 Å². The van der Waals surface area contributed by atoms with Crippen molar-refractivity contribution in [1.82, 2.24) is 3.97 Å². The zero-order chi connectivity index (χ0) is 12.5. The van der Waals surface area contributed by atoms with E-state index in [-0.39, 0.29) is 11.5 Å². The van der Waals surface area contributed by atoms with Crippen LogP contribution in [0.5, 0.6) is 0 Å². The molecule has 2 aromatic rings. The van der Waals surface area contributed by atoms with Crippen molar-refractivity contribution < 1.29 is 13.5 Å². The summed E-state index contributed by atoms with van der Waals surface area (Å²) in [6.45, 7) is -0.199. The summed E-state index contributed by atoms with van der Waals surface area (Å²) in [6, 6.07) is 9.71. The second-order valence-electron chi connectivity index (χ2n) is 3.44. The summed E-state index contributed by atoms with van der Waals surface area (Å²) in [5, 5.41) is 8.98. The third kappa shape index (κ3) is 2.29. The molecule has 0 unspecified atom stereocenters. The zero-order valence-electron chi connectivity index (χ0n) is 8.75. The van der Waals surface area contributed by atoms with Gasteiger partial charge in [0.05, 0.1) is 11.5 Å². The average molecular weight is 316 g/mol. The van der Waals surface area contributed by atoms with E-state index in [0.717, 1.165) is 3.97 Å². The molecule has 0 fully saturated rings. The summed E-state index contributed by atoms with van der Waals surface area (Å²) >= 11 is 3.16. The molecule has 2 rings (SSSR count). The number of aliphatic hydroxyl groups is 1. The van der Waals surface area contributed by atoms with E-state index >= 15 is 0 Å². The summed E-state index contributed by atoms with van der Waals surface area (Å²) in [7, 11) is -3.60. The first kappa shape index (κ1) is 12.3. The molecule has 0 saturated heterocycles. The third-order valence-electron chi connectivity index (χ3n) is 2.28. The van der Waals surface area contributed by atoms with E-state index in [2.05, 4.69) is 15.9 Å². The van der Waals surface area contributed by atoms with Gasteiger partial charge in [-0.2, -0.15) is 0 Å². The first-order chi connectivity index (χ1) is 8.05. The fourth-order valence-corrected chi connectivity index (χ4v) is 3.70. The Labute approximate surface area is 108 Å². The van der Waals surface area contributed by atoms with Gasteiger partial charge in [-0.05, 0) is 39.7 Å². The van der Waals surface area contributed by atoms with Crippen molar-refractivity contribution in [2.24, 2.45) is 0 Å². The second kappa shape index (κ2) is 4.64. The lowest BCUT2D eigenvalue weighted by Crippen LogP contribution is -2.11. The lowest BCUT2D eigenvalue weighted by Gasteiger charge is -2.06. The van der Waals surface area contributed by atoms with Crippen LogP contribution in [0.3, 0.4) is 0 Å². The molecule has 6 heteroatoms. The highest BCUT2D eigenvalue weighted by molar-refractivity contribution is 9.10. The molecule has 4 nitrogen and oxygen atoms in total. The number of aromatic nitrogens is 1. The quantitative estimate of drug-likeness (QED) is 0.942. The maximum Gasteiger partial charge on any atom is 0.268 e. The summed E-state index contributed by atoms with van der Waals surface area (Å²) in [6.07, 6.45) is 1.40. The van der Waals surface area contributed by atoms with Gasteiger partial charge in [0.25, 0.3) is 10.0 Å². The Bertz CT molecular complexity index is 619. The van der Waals surface area contributed by atoms with Gasteiger partial charge in [-0.3, -0.25) is 0 Å². The maximum absolute atomic E-state index is 12.2. The molecule has 0 radical (unpaired) electrons. The Balaban J connectivity index is 2.56. The van der Waals surface area contributed by atoms with Crippen molar-refractivity contribution in [3.8, 4) is 0 Å². The van der Waals surface area contributed by atoms with Crippen LogP contribution in [0.25, 0.3) is 0 Å². The highest BCUT2D eigenvalue weighted by Crippen LogP contribution is 2.22. The molecule has 17 heavy (non-hydrogen) atoms. The topological polar surface area (TPSA) is 59.3 Å². The first-order valence-corrected chi connectivity index (χ1v) is 7.07. The Hall–Kier alpha value is -1.11. The third-order valence-corrected chi connectivity index (χ3v) is 4.81. The molecule has 0 spiro atoms. The molecule has 0 aliphatic rings. The van der Waals surface area contributed by atoms with E-state index in [0.29, 0.717) is 10.2 Å². The zero-order valence-corrected chi connectivity index (χ0v) is 11.1. The predicted octanol–water partition coefficient (Wildman–Crippen LogP) is 1.98. The van der Waals surface area contributed by atoms with Gasteiger partial charge < -0.3 is 5.11 Å². The highest BCUT2D eigenvalue weighted by Gasteiger charge is 2.19. The fourth-order valence-electron chi connectivity index (χ4n) is 1.44. The van der Waals surface area contributed by atoms with Gasteiger partial charge in [-0.1, -0.05) is 18.2 Å². The molecule has 0 bridgehead atoms. The SMILES string of the molecule is O=S(=O)(c1ccccc1)n1cc(CO)cc1Br. The van der Waals surface area contributed by atoms with Gasteiger partial charge in [0.1, 0.15) is 4.60 Å². The smallest absolute Gasteiger partial charge is 0.268 e. The monoisotopic (exact) mass is 315 g/mol. The van der Waals surface area contributed by atoms with Crippen molar-refractivity contribution in [3.63, 3.8) is 0 Å². The lowest BCUT2D eigenvalue weighted by molar-refractivity contribution is 0.282. The van der Waals surface area contributed by atoms with Crippen molar-refractivity contribution in [3.05, 3.63) is 52.8 Å². The van der Waals surface area contributed by atoms with Crippen molar-refractivity contribution in [2.75, 3.05) is 0 Å². The van der Waals surface area contributed by atoms with E-state index in [1.165, 1.54) is 18.3 Å². The average Bonchev–Trinajstić information content (AvgIpc) is 2.72. The number of rotatable bonds is 3. The van der Waals surface area contributed by atoms with Crippen molar-refractivity contribution in [2.45, 2.75) is 11.5 Å². The minimum Gasteiger partial charge on any atom is -0.392 e. The van der Waals surface area contributed by atoms with Crippen LogP contribution in [-0.4, -0.2) is 17.5 Å². The Morgan fingerprint density at radius 3 is 2.41 bits per heavy atom. The Kier molecular flexibility index (Phi) is 3.37. The van der Waals surface area contributed by atoms with Gasteiger partial charge in [0.2, 0.25) is 0 Å². The standard InChI is InChI=1S/C11H10BrNO3S/c12-11-6-9(8-14)7-13(11)17(15,16)10-4-2-1-3-5-10/h1-7,14H,8H2. The lowest BCUT2D eigenvalue weighted by atomic mass is 10.4. The van der Waals surface area contributed by atoms with Crippen LogP contribution in [-0.2, 0) is 16.6 Å². The number of benzene rings is 1. The van der Waals surface area contributed by atoms with Gasteiger partial charge in [-0.15, -0.1) is 0 Å². The van der Waals surface area contributed by atoms with Crippen LogP contribution in [0, 0.1) is 0 Å². The van der Waals surface area contributed by atoms with Crippen molar-refractivity contribution in [1.29, 1.82) is 0 Å². The van der Waals surface area contributed by atoms with E-state index in [1.54, 1.807) is 24.3 Å². The second-order valence-corrected chi connectivity index (χ2v) is 6.07. The van der Waals surface area contributed by atoms with Gasteiger partial charge in [-0.25, -0.2) is 12.4 Å².